The molecule has 0 saturated heterocycles. The van der Waals surface area contributed by atoms with Crippen LogP contribution in [0.4, 0.5) is 0 Å². The molecule has 0 aliphatic heterocycles. The van der Waals surface area contributed by atoms with E-state index in [2.05, 4.69) is 9.97 Å². The second-order valence-electron chi connectivity index (χ2n) is 5.58. The van der Waals surface area contributed by atoms with Crippen molar-refractivity contribution in [3.05, 3.63) is 17.8 Å². The lowest BCUT2D eigenvalue weighted by molar-refractivity contribution is -0.136. The van der Waals surface area contributed by atoms with Gasteiger partial charge in [0.1, 0.15) is 11.2 Å². The SMILES string of the molecule is CCN(C(=O)COc1ncnc2sccc12)C1CCCCC1. The summed E-state index contributed by atoms with van der Waals surface area (Å²) >= 11 is 1.54. The fourth-order valence-electron chi connectivity index (χ4n) is 3.13. The van der Waals surface area contributed by atoms with Crippen molar-refractivity contribution in [3.8, 4) is 5.88 Å². The second kappa shape index (κ2) is 7.05. The average Bonchev–Trinajstić information content (AvgIpc) is 3.04. The van der Waals surface area contributed by atoms with Gasteiger partial charge in [-0.15, -0.1) is 11.3 Å². The smallest absolute Gasteiger partial charge is 0.260 e. The van der Waals surface area contributed by atoms with Gasteiger partial charge >= 0.3 is 0 Å². The van der Waals surface area contributed by atoms with Crippen LogP contribution in [0, 0.1) is 0 Å². The van der Waals surface area contributed by atoms with Crippen LogP contribution >= 0.6 is 11.3 Å². The molecule has 3 rings (SSSR count). The fraction of sp³-hybridized carbons (Fsp3) is 0.562. The Balaban J connectivity index is 1.64. The van der Waals surface area contributed by atoms with Gasteiger partial charge in [0, 0.05) is 12.6 Å². The number of hydrogen-bond acceptors (Lipinski definition) is 5. The zero-order valence-corrected chi connectivity index (χ0v) is 13.6. The Kier molecular flexibility index (Phi) is 4.87. The van der Waals surface area contributed by atoms with E-state index >= 15 is 0 Å². The van der Waals surface area contributed by atoms with Crippen LogP contribution in [-0.2, 0) is 4.79 Å². The number of fused-ring (bicyclic) bond motifs is 1. The molecule has 1 aliphatic rings. The third kappa shape index (κ3) is 3.21. The van der Waals surface area contributed by atoms with Crippen LogP contribution in [0.1, 0.15) is 39.0 Å². The molecule has 0 bridgehead atoms. The lowest BCUT2D eigenvalue weighted by Gasteiger charge is -2.33. The third-order valence-corrected chi connectivity index (χ3v) is 5.05. The van der Waals surface area contributed by atoms with Gasteiger partial charge in [-0.3, -0.25) is 4.79 Å². The maximum absolute atomic E-state index is 12.5. The zero-order valence-electron chi connectivity index (χ0n) is 12.8. The van der Waals surface area contributed by atoms with Gasteiger partial charge in [-0.2, -0.15) is 0 Å². The first-order valence-electron chi connectivity index (χ1n) is 7.90. The molecule has 0 aromatic carbocycles. The van der Waals surface area contributed by atoms with Gasteiger partial charge in [0.15, 0.2) is 6.61 Å². The summed E-state index contributed by atoms with van der Waals surface area (Å²) < 4.78 is 5.68. The van der Waals surface area contributed by atoms with E-state index in [9.17, 15) is 4.79 Å². The number of rotatable bonds is 5. The largest absolute Gasteiger partial charge is 0.467 e. The van der Waals surface area contributed by atoms with Crippen LogP contribution in [0.5, 0.6) is 5.88 Å². The van der Waals surface area contributed by atoms with Crippen molar-refractivity contribution in [1.29, 1.82) is 0 Å². The van der Waals surface area contributed by atoms with Gasteiger partial charge in [-0.25, -0.2) is 9.97 Å². The highest BCUT2D eigenvalue weighted by Gasteiger charge is 2.24. The van der Waals surface area contributed by atoms with Gasteiger partial charge in [0.05, 0.1) is 5.39 Å². The molecule has 0 radical (unpaired) electrons. The number of ether oxygens (including phenoxy) is 1. The van der Waals surface area contributed by atoms with E-state index in [4.69, 9.17) is 4.74 Å². The number of carbonyl (C=O) groups is 1. The van der Waals surface area contributed by atoms with Crippen LogP contribution in [0.25, 0.3) is 10.2 Å². The van der Waals surface area contributed by atoms with Crippen LogP contribution in [0.3, 0.4) is 0 Å². The Bertz CT molecular complexity index is 637. The van der Waals surface area contributed by atoms with Crippen LogP contribution in [0.15, 0.2) is 17.8 Å². The van der Waals surface area contributed by atoms with Crippen molar-refractivity contribution >= 4 is 27.5 Å². The first kappa shape index (κ1) is 15.2. The van der Waals surface area contributed by atoms with Crippen molar-refractivity contribution in [3.63, 3.8) is 0 Å². The average molecular weight is 319 g/mol. The molecule has 2 heterocycles. The molecule has 1 aliphatic carbocycles. The fourth-order valence-corrected chi connectivity index (χ4v) is 3.85. The summed E-state index contributed by atoms with van der Waals surface area (Å²) in [6.45, 7) is 2.82. The van der Waals surface area contributed by atoms with Crippen molar-refractivity contribution in [2.45, 2.75) is 45.1 Å². The number of nitrogens with zero attached hydrogens (tertiary/aromatic N) is 3. The third-order valence-electron chi connectivity index (χ3n) is 4.23. The molecule has 1 fully saturated rings. The number of thiophene rings is 1. The topological polar surface area (TPSA) is 55.3 Å². The summed E-state index contributed by atoms with van der Waals surface area (Å²) in [7, 11) is 0. The highest BCUT2D eigenvalue weighted by atomic mass is 32.1. The normalized spacial score (nSPS) is 15.9. The van der Waals surface area contributed by atoms with Crippen LogP contribution in [-0.4, -0.2) is 40.0 Å². The van der Waals surface area contributed by atoms with Crippen molar-refractivity contribution in [1.82, 2.24) is 14.9 Å². The van der Waals surface area contributed by atoms with E-state index in [0.29, 0.717) is 11.9 Å². The number of aromatic nitrogens is 2. The minimum Gasteiger partial charge on any atom is -0.467 e. The molecular weight excluding hydrogens is 298 g/mol. The standard InChI is InChI=1S/C16H21N3O2S/c1-2-19(12-6-4-3-5-7-12)14(20)10-21-15-13-8-9-22-16(13)18-11-17-15/h8-9,11-12H,2-7,10H2,1H3. The monoisotopic (exact) mass is 319 g/mol. The summed E-state index contributed by atoms with van der Waals surface area (Å²) in [5.74, 6) is 0.552. The molecule has 118 valence electrons. The van der Waals surface area contributed by atoms with E-state index in [1.165, 1.54) is 25.6 Å². The van der Waals surface area contributed by atoms with Gasteiger partial charge < -0.3 is 9.64 Å². The summed E-state index contributed by atoms with van der Waals surface area (Å²) in [6, 6.07) is 2.31. The van der Waals surface area contributed by atoms with E-state index in [0.717, 1.165) is 29.6 Å². The van der Waals surface area contributed by atoms with Gasteiger partial charge in [0.25, 0.3) is 5.91 Å². The van der Waals surface area contributed by atoms with Crippen molar-refractivity contribution in [2.24, 2.45) is 0 Å². The van der Waals surface area contributed by atoms with Gasteiger partial charge in [-0.1, -0.05) is 19.3 Å². The lowest BCUT2D eigenvalue weighted by Crippen LogP contribution is -2.43. The van der Waals surface area contributed by atoms with E-state index in [1.54, 1.807) is 11.3 Å². The Labute approximate surface area is 134 Å². The molecule has 2 aromatic heterocycles. The first-order valence-corrected chi connectivity index (χ1v) is 8.78. The number of carbonyl (C=O) groups excluding carboxylic acids is 1. The molecule has 22 heavy (non-hydrogen) atoms. The molecule has 0 unspecified atom stereocenters. The Morgan fingerprint density at radius 3 is 2.95 bits per heavy atom. The molecule has 0 N–H and O–H groups in total. The molecule has 5 nitrogen and oxygen atoms in total. The van der Waals surface area contributed by atoms with Gasteiger partial charge in [0.2, 0.25) is 5.88 Å². The van der Waals surface area contributed by atoms with E-state index < -0.39 is 0 Å². The summed E-state index contributed by atoms with van der Waals surface area (Å²) in [5, 5.41) is 2.83. The minimum absolute atomic E-state index is 0.0479. The van der Waals surface area contributed by atoms with Crippen LogP contribution < -0.4 is 4.74 Å². The lowest BCUT2D eigenvalue weighted by atomic mass is 9.94. The summed E-state index contributed by atoms with van der Waals surface area (Å²) in [4.78, 5) is 23.7. The number of hydrogen-bond donors (Lipinski definition) is 0. The molecule has 1 amide bonds. The van der Waals surface area contributed by atoms with Gasteiger partial charge in [-0.05, 0) is 31.2 Å². The Hall–Kier alpha value is -1.69. The molecule has 0 spiro atoms. The Morgan fingerprint density at radius 2 is 2.18 bits per heavy atom. The molecule has 1 saturated carbocycles. The maximum Gasteiger partial charge on any atom is 0.260 e. The second-order valence-corrected chi connectivity index (χ2v) is 6.47. The predicted molar refractivity (Wildman–Crippen MR) is 87.2 cm³/mol. The summed E-state index contributed by atoms with van der Waals surface area (Å²) in [6.07, 6.45) is 7.43. The van der Waals surface area contributed by atoms with Crippen LogP contribution in [0.2, 0.25) is 0 Å². The maximum atomic E-state index is 12.5. The molecule has 2 aromatic rings. The molecular formula is C16H21N3O2S. The predicted octanol–water partition coefficient (Wildman–Crippen LogP) is 3.25. The minimum atomic E-state index is 0.0479. The van der Waals surface area contributed by atoms with E-state index in [1.807, 2.05) is 23.3 Å². The Morgan fingerprint density at radius 1 is 1.36 bits per heavy atom. The first-order chi connectivity index (χ1) is 10.8. The highest BCUT2D eigenvalue weighted by molar-refractivity contribution is 7.16. The van der Waals surface area contributed by atoms with Crippen molar-refractivity contribution in [2.75, 3.05) is 13.2 Å². The number of amides is 1. The zero-order chi connectivity index (χ0) is 15.4. The van der Waals surface area contributed by atoms with Crippen molar-refractivity contribution < 1.29 is 9.53 Å². The summed E-state index contributed by atoms with van der Waals surface area (Å²) in [5.41, 5.74) is 0. The quantitative estimate of drug-likeness (QED) is 0.849. The number of likely N-dealkylation sites (N-methyl/N-ethyl adjacent to an activating group) is 1. The highest BCUT2D eigenvalue weighted by Crippen LogP contribution is 2.26. The molecule has 6 heteroatoms. The van der Waals surface area contributed by atoms with E-state index in [-0.39, 0.29) is 12.5 Å². The molecule has 0 atom stereocenters.